The predicted octanol–water partition coefficient (Wildman–Crippen LogP) is 4.46. The minimum atomic E-state index is 0.330. The Hall–Kier alpha value is -1.62. The molecule has 20 heavy (non-hydrogen) atoms. The third kappa shape index (κ3) is 3.10. The van der Waals surface area contributed by atoms with Gasteiger partial charge in [0.05, 0.1) is 0 Å². The molecule has 0 amide bonds. The monoisotopic (exact) mass is 334 g/mol. The largest absolute Gasteiger partial charge is 0.373 e. The molecule has 0 spiro atoms. The molecular formula is C15H19BrN4. The van der Waals surface area contributed by atoms with Gasteiger partial charge in [0, 0.05) is 22.8 Å². The Morgan fingerprint density at radius 1 is 1.15 bits per heavy atom. The van der Waals surface area contributed by atoms with Gasteiger partial charge in [-0.25, -0.2) is 9.97 Å². The van der Waals surface area contributed by atoms with Crippen molar-refractivity contribution in [2.75, 3.05) is 17.7 Å². The van der Waals surface area contributed by atoms with Gasteiger partial charge in [-0.05, 0) is 36.6 Å². The molecule has 0 bridgehead atoms. The van der Waals surface area contributed by atoms with Crippen molar-refractivity contribution in [2.45, 2.75) is 26.7 Å². The number of anilines is 3. The van der Waals surface area contributed by atoms with Gasteiger partial charge in [-0.15, -0.1) is 0 Å². The van der Waals surface area contributed by atoms with Crippen LogP contribution < -0.4 is 10.6 Å². The lowest BCUT2D eigenvalue weighted by molar-refractivity contribution is 0.852. The minimum Gasteiger partial charge on any atom is -0.373 e. The van der Waals surface area contributed by atoms with Crippen molar-refractivity contribution in [3.05, 3.63) is 40.1 Å². The van der Waals surface area contributed by atoms with E-state index < -0.39 is 0 Å². The van der Waals surface area contributed by atoms with E-state index in [9.17, 15) is 0 Å². The summed E-state index contributed by atoms with van der Waals surface area (Å²) in [6.45, 7) is 6.35. The van der Waals surface area contributed by atoms with E-state index in [1.54, 1.807) is 6.33 Å². The van der Waals surface area contributed by atoms with Gasteiger partial charge in [0.2, 0.25) is 0 Å². The molecule has 5 heteroatoms. The zero-order valence-electron chi connectivity index (χ0n) is 12.2. The lowest BCUT2D eigenvalue weighted by atomic mass is 10.0. The Kier molecular flexibility index (Phi) is 4.60. The number of aromatic nitrogens is 2. The minimum absolute atomic E-state index is 0.330. The van der Waals surface area contributed by atoms with Gasteiger partial charge in [0.25, 0.3) is 0 Å². The normalized spacial score (nSPS) is 10.7. The number of halogens is 1. The van der Waals surface area contributed by atoms with Crippen molar-refractivity contribution in [2.24, 2.45) is 0 Å². The van der Waals surface area contributed by atoms with Crippen LogP contribution in [0.25, 0.3) is 0 Å². The lowest BCUT2D eigenvalue weighted by Crippen LogP contribution is -2.07. The fourth-order valence-corrected chi connectivity index (χ4v) is 2.61. The second-order valence-electron chi connectivity index (χ2n) is 4.97. The summed E-state index contributed by atoms with van der Waals surface area (Å²) in [4.78, 5) is 8.68. The van der Waals surface area contributed by atoms with Crippen LogP contribution in [0, 0.1) is 6.92 Å². The standard InChI is InChI=1S/C15H19BrN4/c1-9(2)13-14(17-4)18-8-19-15(13)20-12-6-5-11(16)7-10(12)3/h5-9H,1-4H3,(H2,17,18,19,20). The highest BCUT2D eigenvalue weighted by Gasteiger charge is 2.14. The Morgan fingerprint density at radius 2 is 1.85 bits per heavy atom. The first-order chi connectivity index (χ1) is 9.52. The topological polar surface area (TPSA) is 49.8 Å². The Bertz CT molecular complexity index is 611. The molecule has 4 nitrogen and oxygen atoms in total. The smallest absolute Gasteiger partial charge is 0.139 e. The Morgan fingerprint density at radius 3 is 2.45 bits per heavy atom. The molecular weight excluding hydrogens is 316 g/mol. The quantitative estimate of drug-likeness (QED) is 0.866. The van der Waals surface area contributed by atoms with E-state index in [1.165, 1.54) is 5.56 Å². The summed E-state index contributed by atoms with van der Waals surface area (Å²) < 4.78 is 1.07. The molecule has 0 fully saturated rings. The van der Waals surface area contributed by atoms with Gasteiger partial charge in [0.15, 0.2) is 0 Å². The molecule has 0 atom stereocenters. The molecule has 0 saturated heterocycles. The lowest BCUT2D eigenvalue weighted by Gasteiger charge is -2.17. The zero-order valence-corrected chi connectivity index (χ0v) is 13.7. The number of nitrogens with zero attached hydrogens (tertiary/aromatic N) is 2. The molecule has 0 saturated carbocycles. The average Bonchev–Trinajstić information content (AvgIpc) is 2.41. The third-order valence-electron chi connectivity index (χ3n) is 3.14. The molecule has 0 aliphatic heterocycles. The first kappa shape index (κ1) is 14.8. The first-order valence-electron chi connectivity index (χ1n) is 6.58. The van der Waals surface area contributed by atoms with Gasteiger partial charge < -0.3 is 10.6 Å². The first-order valence-corrected chi connectivity index (χ1v) is 7.38. The maximum Gasteiger partial charge on any atom is 0.139 e. The molecule has 1 aromatic carbocycles. The summed E-state index contributed by atoms with van der Waals surface area (Å²) in [5.74, 6) is 2.05. The van der Waals surface area contributed by atoms with Crippen LogP contribution in [0.5, 0.6) is 0 Å². The van der Waals surface area contributed by atoms with E-state index in [0.29, 0.717) is 5.92 Å². The Labute approximate surface area is 128 Å². The van der Waals surface area contributed by atoms with E-state index in [0.717, 1.165) is 27.4 Å². The van der Waals surface area contributed by atoms with Gasteiger partial charge >= 0.3 is 0 Å². The number of hydrogen-bond donors (Lipinski definition) is 2. The van der Waals surface area contributed by atoms with Gasteiger partial charge in [0.1, 0.15) is 18.0 Å². The fourth-order valence-electron chi connectivity index (χ4n) is 2.14. The Balaban J connectivity index is 2.43. The third-order valence-corrected chi connectivity index (χ3v) is 3.63. The summed E-state index contributed by atoms with van der Waals surface area (Å²) in [5.41, 5.74) is 3.31. The van der Waals surface area contributed by atoms with Crippen LogP contribution in [-0.4, -0.2) is 17.0 Å². The van der Waals surface area contributed by atoms with Crippen LogP contribution in [0.1, 0.15) is 30.9 Å². The number of hydrogen-bond acceptors (Lipinski definition) is 4. The molecule has 2 N–H and O–H groups in total. The van der Waals surface area contributed by atoms with E-state index in [2.05, 4.69) is 63.4 Å². The number of rotatable bonds is 4. The van der Waals surface area contributed by atoms with E-state index in [4.69, 9.17) is 0 Å². The molecule has 1 aromatic heterocycles. The van der Waals surface area contributed by atoms with Gasteiger partial charge in [-0.1, -0.05) is 29.8 Å². The zero-order chi connectivity index (χ0) is 14.7. The molecule has 2 aromatic rings. The highest BCUT2D eigenvalue weighted by atomic mass is 79.9. The summed E-state index contributed by atoms with van der Waals surface area (Å²) >= 11 is 3.48. The number of aryl methyl sites for hydroxylation is 1. The van der Waals surface area contributed by atoms with Gasteiger partial charge in [-0.2, -0.15) is 0 Å². The second kappa shape index (κ2) is 6.22. The van der Waals surface area contributed by atoms with E-state index in [1.807, 2.05) is 19.2 Å². The number of nitrogens with one attached hydrogen (secondary N) is 2. The number of benzene rings is 1. The fraction of sp³-hybridized carbons (Fsp3) is 0.333. The molecule has 106 valence electrons. The summed E-state index contributed by atoms with van der Waals surface area (Å²) in [6.07, 6.45) is 1.58. The van der Waals surface area contributed by atoms with Crippen molar-refractivity contribution in [1.29, 1.82) is 0 Å². The van der Waals surface area contributed by atoms with Crippen LogP contribution in [0.4, 0.5) is 17.3 Å². The van der Waals surface area contributed by atoms with Crippen LogP contribution in [0.3, 0.4) is 0 Å². The van der Waals surface area contributed by atoms with Crippen molar-refractivity contribution >= 4 is 33.3 Å². The maximum absolute atomic E-state index is 4.39. The molecule has 0 unspecified atom stereocenters. The highest BCUT2D eigenvalue weighted by molar-refractivity contribution is 9.10. The maximum atomic E-state index is 4.39. The second-order valence-corrected chi connectivity index (χ2v) is 5.89. The summed E-state index contributed by atoms with van der Waals surface area (Å²) in [6, 6.07) is 6.15. The molecule has 0 aliphatic rings. The predicted molar refractivity (Wildman–Crippen MR) is 87.8 cm³/mol. The van der Waals surface area contributed by atoms with Crippen molar-refractivity contribution < 1.29 is 0 Å². The van der Waals surface area contributed by atoms with Crippen LogP contribution in [-0.2, 0) is 0 Å². The van der Waals surface area contributed by atoms with Crippen LogP contribution in [0.15, 0.2) is 29.0 Å². The SMILES string of the molecule is CNc1ncnc(Nc2ccc(Br)cc2C)c1C(C)C. The van der Waals surface area contributed by atoms with Crippen molar-refractivity contribution in [3.63, 3.8) is 0 Å². The highest BCUT2D eigenvalue weighted by Crippen LogP contribution is 2.31. The molecule has 2 rings (SSSR count). The van der Waals surface area contributed by atoms with E-state index in [-0.39, 0.29) is 0 Å². The molecule has 0 radical (unpaired) electrons. The van der Waals surface area contributed by atoms with Crippen molar-refractivity contribution in [3.8, 4) is 0 Å². The summed E-state index contributed by atoms with van der Waals surface area (Å²) in [7, 11) is 1.88. The van der Waals surface area contributed by atoms with Crippen LogP contribution in [0.2, 0.25) is 0 Å². The average molecular weight is 335 g/mol. The van der Waals surface area contributed by atoms with Crippen molar-refractivity contribution in [1.82, 2.24) is 9.97 Å². The summed E-state index contributed by atoms with van der Waals surface area (Å²) in [5, 5.41) is 6.54. The molecule has 1 heterocycles. The van der Waals surface area contributed by atoms with E-state index >= 15 is 0 Å². The molecule has 0 aliphatic carbocycles. The van der Waals surface area contributed by atoms with Gasteiger partial charge in [-0.3, -0.25) is 0 Å². The van der Waals surface area contributed by atoms with Crippen LogP contribution >= 0.6 is 15.9 Å².